The molecule has 0 saturated heterocycles. The number of nitrogens with one attached hydrogen (secondary N) is 1. The van der Waals surface area contributed by atoms with E-state index in [0.717, 1.165) is 22.2 Å². The van der Waals surface area contributed by atoms with Crippen LogP contribution < -0.4 is 5.32 Å². The summed E-state index contributed by atoms with van der Waals surface area (Å²) in [5, 5.41) is 4.11. The van der Waals surface area contributed by atoms with Crippen LogP contribution in [0.4, 0.5) is 10.1 Å². The summed E-state index contributed by atoms with van der Waals surface area (Å²) in [6.45, 7) is 6.30. The second kappa shape index (κ2) is 5.08. The lowest BCUT2D eigenvalue weighted by Gasteiger charge is -2.09. The van der Waals surface area contributed by atoms with Gasteiger partial charge in [-0.1, -0.05) is 31.7 Å². The van der Waals surface area contributed by atoms with Crippen molar-refractivity contribution in [3.63, 3.8) is 0 Å². The summed E-state index contributed by atoms with van der Waals surface area (Å²) < 4.78 is 13.1. The van der Waals surface area contributed by atoms with Crippen LogP contribution in [0.15, 0.2) is 23.2 Å². The number of halogens is 1. The maximum atomic E-state index is 13.1. The van der Waals surface area contributed by atoms with Crippen molar-refractivity contribution in [1.82, 2.24) is 0 Å². The summed E-state index contributed by atoms with van der Waals surface area (Å²) in [5.41, 5.74) is 1.84. The minimum Gasteiger partial charge on any atom is -0.335 e. The first-order valence-corrected chi connectivity index (χ1v) is 6.78. The molecule has 17 heavy (non-hydrogen) atoms. The van der Waals surface area contributed by atoms with Crippen molar-refractivity contribution < 1.29 is 4.39 Å². The van der Waals surface area contributed by atoms with E-state index in [1.807, 2.05) is 6.92 Å². The number of hydrogen-bond acceptors (Lipinski definition) is 3. The zero-order valence-electron chi connectivity index (χ0n) is 10.3. The third-order valence-electron chi connectivity index (χ3n) is 2.88. The van der Waals surface area contributed by atoms with Crippen molar-refractivity contribution in [2.24, 2.45) is 10.9 Å². The van der Waals surface area contributed by atoms with Gasteiger partial charge in [-0.05, 0) is 30.5 Å². The van der Waals surface area contributed by atoms with Crippen LogP contribution in [0, 0.1) is 18.7 Å². The topological polar surface area (TPSA) is 24.4 Å². The van der Waals surface area contributed by atoms with E-state index in [4.69, 9.17) is 0 Å². The molecule has 92 valence electrons. The predicted molar refractivity (Wildman–Crippen MR) is 73.3 cm³/mol. The van der Waals surface area contributed by atoms with Gasteiger partial charge in [0.2, 0.25) is 0 Å². The van der Waals surface area contributed by atoms with E-state index in [2.05, 4.69) is 24.2 Å². The summed E-state index contributed by atoms with van der Waals surface area (Å²) in [6.07, 6.45) is 0. The van der Waals surface area contributed by atoms with E-state index in [9.17, 15) is 4.39 Å². The van der Waals surface area contributed by atoms with Crippen molar-refractivity contribution >= 4 is 22.6 Å². The number of aryl methyl sites for hydroxylation is 1. The Kier molecular flexibility index (Phi) is 3.72. The lowest BCUT2D eigenvalue weighted by atomic mass is 10.1. The number of benzene rings is 1. The van der Waals surface area contributed by atoms with Crippen LogP contribution in [0.3, 0.4) is 0 Å². The van der Waals surface area contributed by atoms with Crippen LogP contribution in [0.2, 0.25) is 0 Å². The second-order valence-electron chi connectivity index (χ2n) is 4.64. The molecule has 1 aliphatic rings. The summed E-state index contributed by atoms with van der Waals surface area (Å²) >= 11 is 1.70. The van der Waals surface area contributed by atoms with Gasteiger partial charge >= 0.3 is 0 Å². The van der Waals surface area contributed by atoms with Crippen molar-refractivity contribution in [1.29, 1.82) is 0 Å². The van der Waals surface area contributed by atoms with Crippen LogP contribution in [-0.4, -0.2) is 17.0 Å². The maximum absolute atomic E-state index is 13.1. The molecule has 0 spiro atoms. The highest BCUT2D eigenvalue weighted by Gasteiger charge is 2.21. The lowest BCUT2D eigenvalue weighted by Crippen LogP contribution is -2.12. The molecule has 0 bridgehead atoms. The van der Waals surface area contributed by atoms with E-state index in [1.165, 1.54) is 12.1 Å². The number of anilines is 1. The van der Waals surface area contributed by atoms with Gasteiger partial charge in [-0.25, -0.2) is 4.39 Å². The van der Waals surface area contributed by atoms with Crippen molar-refractivity contribution in [3.8, 4) is 0 Å². The fraction of sp³-hybridized carbons (Fsp3) is 0.462. The fourth-order valence-electron chi connectivity index (χ4n) is 1.64. The Morgan fingerprint density at radius 3 is 2.88 bits per heavy atom. The number of nitrogens with zero attached hydrogens (tertiary/aromatic N) is 1. The summed E-state index contributed by atoms with van der Waals surface area (Å²) in [4.78, 5) is 4.60. The molecule has 0 radical (unpaired) electrons. The number of aliphatic imine (C=N–C) groups is 1. The van der Waals surface area contributed by atoms with Crippen LogP contribution in [-0.2, 0) is 0 Å². The SMILES string of the molecule is Cc1ccc(F)cc1NC1=N[C@@H](C(C)C)CS1. The third kappa shape index (κ3) is 3.00. The van der Waals surface area contributed by atoms with Crippen molar-refractivity contribution in [2.45, 2.75) is 26.8 Å². The molecule has 1 heterocycles. The molecule has 1 aromatic carbocycles. The van der Waals surface area contributed by atoms with Crippen LogP contribution in [0.5, 0.6) is 0 Å². The summed E-state index contributed by atoms with van der Waals surface area (Å²) in [6, 6.07) is 5.14. The van der Waals surface area contributed by atoms with Gasteiger partial charge in [-0.15, -0.1) is 0 Å². The second-order valence-corrected chi connectivity index (χ2v) is 5.65. The van der Waals surface area contributed by atoms with E-state index < -0.39 is 0 Å². The molecule has 0 aliphatic carbocycles. The highest BCUT2D eigenvalue weighted by molar-refractivity contribution is 8.14. The Bertz CT molecular complexity index is 443. The molecule has 0 aromatic heterocycles. The molecule has 1 aromatic rings. The van der Waals surface area contributed by atoms with E-state index in [1.54, 1.807) is 17.8 Å². The largest absolute Gasteiger partial charge is 0.335 e. The van der Waals surface area contributed by atoms with Gasteiger partial charge in [0.15, 0.2) is 5.17 Å². The van der Waals surface area contributed by atoms with Gasteiger partial charge in [0.1, 0.15) is 5.82 Å². The van der Waals surface area contributed by atoms with E-state index >= 15 is 0 Å². The number of amidine groups is 1. The van der Waals surface area contributed by atoms with Crippen molar-refractivity contribution in [2.75, 3.05) is 11.1 Å². The zero-order chi connectivity index (χ0) is 12.4. The molecule has 4 heteroatoms. The smallest absolute Gasteiger partial charge is 0.161 e. The molecular weight excluding hydrogens is 235 g/mol. The standard InChI is InChI=1S/C13H17FN2S/c1-8(2)12-7-17-13(16-12)15-11-6-10(14)5-4-9(11)3/h4-6,8,12H,7H2,1-3H3,(H,15,16)/t12-/m1/s1. The quantitative estimate of drug-likeness (QED) is 0.868. The summed E-state index contributed by atoms with van der Waals surface area (Å²) in [5.74, 6) is 1.34. The average molecular weight is 252 g/mol. The summed E-state index contributed by atoms with van der Waals surface area (Å²) in [7, 11) is 0. The average Bonchev–Trinajstić information content (AvgIpc) is 2.72. The molecule has 2 nitrogen and oxygen atoms in total. The number of hydrogen-bond donors (Lipinski definition) is 1. The molecule has 0 saturated carbocycles. The van der Waals surface area contributed by atoms with E-state index in [0.29, 0.717) is 12.0 Å². The first-order valence-electron chi connectivity index (χ1n) is 5.80. The maximum Gasteiger partial charge on any atom is 0.161 e. The van der Waals surface area contributed by atoms with Crippen molar-refractivity contribution in [3.05, 3.63) is 29.6 Å². The Balaban J connectivity index is 2.11. The van der Waals surface area contributed by atoms with Gasteiger partial charge in [0, 0.05) is 11.4 Å². The third-order valence-corrected chi connectivity index (χ3v) is 3.87. The monoisotopic (exact) mass is 252 g/mol. The van der Waals surface area contributed by atoms with Gasteiger partial charge in [0.05, 0.1) is 6.04 Å². The van der Waals surface area contributed by atoms with Gasteiger partial charge in [-0.2, -0.15) is 0 Å². The molecule has 0 amide bonds. The highest BCUT2D eigenvalue weighted by Crippen LogP contribution is 2.25. The number of thioether (sulfide) groups is 1. The molecular formula is C13H17FN2S. The number of rotatable bonds is 2. The van der Waals surface area contributed by atoms with Gasteiger partial charge in [0.25, 0.3) is 0 Å². The van der Waals surface area contributed by atoms with E-state index in [-0.39, 0.29) is 5.82 Å². The molecule has 1 N–H and O–H groups in total. The predicted octanol–water partition coefficient (Wildman–Crippen LogP) is 3.67. The van der Waals surface area contributed by atoms with Crippen LogP contribution in [0.1, 0.15) is 19.4 Å². The van der Waals surface area contributed by atoms with Gasteiger partial charge < -0.3 is 5.32 Å². The minimum atomic E-state index is -0.220. The minimum absolute atomic E-state index is 0.220. The zero-order valence-corrected chi connectivity index (χ0v) is 11.1. The van der Waals surface area contributed by atoms with Crippen LogP contribution in [0.25, 0.3) is 0 Å². The van der Waals surface area contributed by atoms with Gasteiger partial charge in [-0.3, -0.25) is 4.99 Å². The first kappa shape index (κ1) is 12.4. The molecule has 0 fully saturated rings. The molecule has 2 rings (SSSR count). The Morgan fingerprint density at radius 1 is 1.47 bits per heavy atom. The Hall–Kier alpha value is -1.03. The normalized spacial score (nSPS) is 19.6. The Labute approximate surface area is 106 Å². The highest BCUT2D eigenvalue weighted by atomic mass is 32.2. The molecule has 0 unspecified atom stereocenters. The lowest BCUT2D eigenvalue weighted by molar-refractivity contribution is 0.543. The Morgan fingerprint density at radius 2 is 2.24 bits per heavy atom. The molecule has 1 aliphatic heterocycles. The first-order chi connectivity index (χ1) is 8.06. The fourth-order valence-corrected chi connectivity index (χ4v) is 2.82. The van der Waals surface area contributed by atoms with Crippen LogP contribution >= 0.6 is 11.8 Å². The molecule has 1 atom stereocenters.